The Labute approximate surface area is 126 Å². The standard InChI is InChI=1S/C13H17N5O2S/c1-13(2,10-4-3-7-21-10)8-15-12-9(18(19)20)5-6-11(16-12)17-14/h3-7H,8,14H2,1-2H3,(H2,15,16,17). The normalized spacial score (nSPS) is 11.2. The summed E-state index contributed by atoms with van der Waals surface area (Å²) >= 11 is 1.66. The molecule has 0 fully saturated rings. The molecule has 4 N–H and O–H groups in total. The van der Waals surface area contributed by atoms with Crippen molar-refractivity contribution >= 4 is 28.7 Å². The van der Waals surface area contributed by atoms with Crippen molar-refractivity contribution in [2.24, 2.45) is 5.84 Å². The van der Waals surface area contributed by atoms with Gasteiger partial charge in [-0.3, -0.25) is 10.1 Å². The summed E-state index contributed by atoms with van der Waals surface area (Å²) in [7, 11) is 0. The van der Waals surface area contributed by atoms with Gasteiger partial charge < -0.3 is 10.7 Å². The second-order valence-electron chi connectivity index (χ2n) is 5.18. The lowest BCUT2D eigenvalue weighted by molar-refractivity contribution is -0.384. The van der Waals surface area contributed by atoms with Crippen molar-refractivity contribution in [3.05, 3.63) is 44.6 Å². The molecule has 8 heteroatoms. The molecule has 112 valence electrons. The fraction of sp³-hybridized carbons (Fsp3) is 0.308. The second-order valence-corrected chi connectivity index (χ2v) is 6.13. The van der Waals surface area contributed by atoms with Crippen molar-refractivity contribution in [3.63, 3.8) is 0 Å². The van der Waals surface area contributed by atoms with Gasteiger partial charge in [-0.1, -0.05) is 19.9 Å². The number of pyridine rings is 1. The molecule has 0 bridgehead atoms. The largest absolute Gasteiger partial charge is 0.363 e. The summed E-state index contributed by atoms with van der Waals surface area (Å²) in [4.78, 5) is 15.9. The summed E-state index contributed by atoms with van der Waals surface area (Å²) in [5.74, 6) is 5.88. The summed E-state index contributed by atoms with van der Waals surface area (Å²) in [6.45, 7) is 4.67. The van der Waals surface area contributed by atoms with Crippen molar-refractivity contribution in [2.45, 2.75) is 19.3 Å². The summed E-state index contributed by atoms with van der Waals surface area (Å²) in [6.07, 6.45) is 0. The molecule has 0 atom stereocenters. The van der Waals surface area contributed by atoms with Crippen molar-refractivity contribution in [1.29, 1.82) is 0 Å². The van der Waals surface area contributed by atoms with Gasteiger partial charge in [-0.15, -0.1) is 11.3 Å². The number of hydrogen-bond acceptors (Lipinski definition) is 7. The van der Waals surface area contributed by atoms with Gasteiger partial charge in [0.2, 0.25) is 5.82 Å². The molecule has 0 aliphatic heterocycles. The summed E-state index contributed by atoms with van der Waals surface area (Å²) < 4.78 is 0. The number of aromatic nitrogens is 1. The number of nitrogen functional groups attached to an aromatic ring is 1. The van der Waals surface area contributed by atoms with Crippen LogP contribution >= 0.6 is 11.3 Å². The number of anilines is 2. The molecule has 0 saturated heterocycles. The molecule has 2 aromatic rings. The van der Waals surface area contributed by atoms with E-state index in [-0.39, 0.29) is 16.9 Å². The Balaban J connectivity index is 2.21. The highest BCUT2D eigenvalue weighted by atomic mass is 32.1. The zero-order valence-corrected chi connectivity index (χ0v) is 12.6. The number of rotatable bonds is 6. The third-order valence-electron chi connectivity index (χ3n) is 3.10. The summed E-state index contributed by atoms with van der Waals surface area (Å²) in [5, 5.41) is 16.1. The minimum Gasteiger partial charge on any atom is -0.363 e. The maximum absolute atomic E-state index is 11.1. The van der Waals surface area contributed by atoms with Crippen LogP contribution in [0.25, 0.3) is 0 Å². The molecule has 0 aliphatic rings. The second kappa shape index (κ2) is 6.06. The first kappa shape index (κ1) is 15.2. The highest BCUT2D eigenvalue weighted by molar-refractivity contribution is 7.10. The molecular formula is C13H17N5O2S. The van der Waals surface area contributed by atoms with Gasteiger partial charge in [0.05, 0.1) is 4.92 Å². The van der Waals surface area contributed by atoms with Gasteiger partial charge >= 0.3 is 5.69 Å². The average Bonchev–Trinajstić information content (AvgIpc) is 2.99. The monoisotopic (exact) mass is 307 g/mol. The fourth-order valence-electron chi connectivity index (χ4n) is 1.87. The Hall–Kier alpha value is -2.19. The summed E-state index contributed by atoms with van der Waals surface area (Å²) in [5.41, 5.74) is 2.16. The van der Waals surface area contributed by atoms with E-state index in [4.69, 9.17) is 5.84 Å². The molecule has 0 aromatic carbocycles. The number of hydrazine groups is 1. The number of nitro groups is 1. The van der Waals surface area contributed by atoms with Crippen molar-refractivity contribution in [1.82, 2.24) is 4.98 Å². The van der Waals surface area contributed by atoms with E-state index < -0.39 is 4.92 Å². The quantitative estimate of drug-likeness (QED) is 0.430. The minimum atomic E-state index is -0.465. The van der Waals surface area contributed by atoms with Crippen molar-refractivity contribution in [2.75, 3.05) is 17.3 Å². The van der Waals surface area contributed by atoms with Crippen LogP contribution in [0.15, 0.2) is 29.6 Å². The van der Waals surface area contributed by atoms with Crippen LogP contribution in [-0.2, 0) is 5.41 Å². The minimum absolute atomic E-state index is 0.0732. The zero-order chi connectivity index (χ0) is 15.5. The van der Waals surface area contributed by atoms with E-state index in [1.165, 1.54) is 17.0 Å². The lowest BCUT2D eigenvalue weighted by Gasteiger charge is -2.24. The molecule has 2 rings (SSSR count). The van der Waals surface area contributed by atoms with E-state index in [0.717, 1.165) is 0 Å². The Morgan fingerprint density at radius 1 is 1.43 bits per heavy atom. The number of hydrogen-bond donors (Lipinski definition) is 3. The molecule has 2 aromatic heterocycles. The Morgan fingerprint density at radius 2 is 2.19 bits per heavy atom. The number of nitrogens with two attached hydrogens (primary N) is 1. The average molecular weight is 307 g/mol. The predicted molar refractivity (Wildman–Crippen MR) is 84.5 cm³/mol. The third-order valence-corrected chi connectivity index (χ3v) is 4.34. The Morgan fingerprint density at radius 3 is 2.76 bits per heavy atom. The number of nitrogens with one attached hydrogen (secondary N) is 2. The van der Waals surface area contributed by atoms with Crippen LogP contribution < -0.4 is 16.6 Å². The third kappa shape index (κ3) is 3.47. The maximum atomic E-state index is 11.1. The lowest BCUT2D eigenvalue weighted by atomic mass is 9.91. The van der Waals surface area contributed by atoms with E-state index in [0.29, 0.717) is 12.4 Å². The van der Waals surface area contributed by atoms with Crippen LogP contribution in [-0.4, -0.2) is 16.5 Å². The van der Waals surface area contributed by atoms with E-state index in [1.54, 1.807) is 11.3 Å². The van der Waals surface area contributed by atoms with Crippen LogP contribution in [0.4, 0.5) is 17.3 Å². The smallest absolute Gasteiger partial charge is 0.311 e. The highest BCUT2D eigenvalue weighted by Crippen LogP contribution is 2.30. The highest BCUT2D eigenvalue weighted by Gasteiger charge is 2.24. The van der Waals surface area contributed by atoms with Gasteiger partial charge in [0.1, 0.15) is 5.82 Å². The molecule has 21 heavy (non-hydrogen) atoms. The number of thiophene rings is 1. The lowest BCUT2D eigenvalue weighted by Crippen LogP contribution is -2.27. The Kier molecular flexibility index (Phi) is 4.39. The molecule has 0 radical (unpaired) electrons. The van der Waals surface area contributed by atoms with E-state index in [9.17, 15) is 10.1 Å². The molecule has 7 nitrogen and oxygen atoms in total. The van der Waals surface area contributed by atoms with Gasteiger partial charge in [-0.25, -0.2) is 10.8 Å². The predicted octanol–water partition coefficient (Wildman–Crippen LogP) is 2.73. The SMILES string of the molecule is CC(C)(CNc1nc(NN)ccc1[N+](=O)[O-])c1cccs1. The molecule has 2 heterocycles. The topological polar surface area (TPSA) is 106 Å². The van der Waals surface area contributed by atoms with Crippen LogP contribution in [0, 0.1) is 10.1 Å². The van der Waals surface area contributed by atoms with Gasteiger partial charge in [0.15, 0.2) is 0 Å². The van der Waals surface area contributed by atoms with Crippen LogP contribution in [0.3, 0.4) is 0 Å². The van der Waals surface area contributed by atoms with E-state index in [1.807, 2.05) is 17.5 Å². The molecular weight excluding hydrogens is 290 g/mol. The van der Waals surface area contributed by atoms with E-state index in [2.05, 4.69) is 29.6 Å². The first-order chi connectivity index (χ1) is 9.94. The van der Waals surface area contributed by atoms with Gasteiger partial charge in [-0.2, -0.15) is 0 Å². The molecule has 0 aliphatic carbocycles. The molecule has 0 unspecified atom stereocenters. The molecule has 0 spiro atoms. The van der Waals surface area contributed by atoms with Crippen molar-refractivity contribution < 1.29 is 4.92 Å². The first-order valence-corrected chi connectivity index (χ1v) is 7.22. The first-order valence-electron chi connectivity index (χ1n) is 6.34. The maximum Gasteiger partial charge on any atom is 0.311 e. The van der Waals surface area contributed by atoms with Gasteiger partial charge in [0, 0.05) is 22.9 Å². The number of nitrogens with zero attached hydrogens (tertiary/aromatic N) is 2. The van der Waals surface area contributed by atoms with Gasteiger partial charge in [-0.05, 0) is 17.5 Å². The van der Waals surface area contributed by atoms with Crippen LogP contribution in [0.5, 0.6) is 0 Å². The van der Waals surface area contributed by atoms with Gasteiger partial charge in [0.25, 0.3) is 0 Å². The van der Waals surface area contributed by atoms with Crippen LogP contribution in [0.1, 0.15) is 18.7 Å². The molecule has 0 saturated carbocycles. The Bertz CT molecular complexity index is 627. The van der Waals surface area contributed by atoms with Crippen LogP contribution in [0.2, 0.25) is 0 Å². The van der Waals surface area contributed by atoms with E-state index >= 15 is 0 Å². The summed E-state index contributed by atoms with van der Waals surface area (Å²) in [6, 6.07) is 6.88. The molecule has 0 amide bonds. The zero-order valence-electron chi connectivity index (χ0n) is 11.8. The fourth-order valence-corrected chi connectivity index (χ4v) is 2.72. The van der Waals surface area contributed by atoms with Crippen molar-refractivity contribution in [3.8, 4) is 0 Å².